The third kappa shape index (κ3) is 7.88. The summed E-state index contributed by atoms with van der Waals surface area (Å²) in [5.74, 6) is -4.64. The number of hydrogen-bond donors (Lipinski definition) is 4. The lowest BCUT2D eigenvalue weighted by atomic mass is 10.0. The normalized spacial score (nSPS) is 14.0. The van der Waals surface area contributed by atoms with Crippen molar-refractivity contribution in [3.8, 4) is 23.0 Å². The number of nitrogens with two attached hydrogens (primary N) is 2. The third-order valence-corrected chi connectivity index (χ3v) is 5.92. The molecular weight excluding hydrogens is 590 g/mol. The van der Waals surface area contributed by atoms with Crippen molar-refractivity contribution in [1.82, 2.24) is 15.6 Å². The molecule has 11 nitrogen and oxygen atoms in total. The number of imide groups is 1. The predicted molar refractivity (Wildman–Crippen MR) is 141 cm³/mol. The van der Waals surface area contributed by atoms with Gasteiger partial charge < -0.3 is 30.7 Å². The Morgan fingerprint density at radius 1 is 1.12 bits per heavy atom. The van der Waals surface area contributed by atoms with E-state index in [1.165, 1.54) is 25.1 Å². The number of hydrogen-bond acceptors (Lipinski definition) is 8. The number of carbonyl (C=O) groups excluding carboxylic acids is 3. The fourth-order valence-electron chi connectivity index (χ4n) is 3.78. The summed E-state index contributed by atoms with van der Waals surface area (Å²) < 4.78 is 69.7. The maximum absolute atomic E-state index is 14.5. The van der Waals surface area contributed by atoms with Gasteiger partial charge in [0, 0.05) is 17.2 Å². The molecule has 42 heavy (non-hydrogen) atoms. The molecule has 0 radical (unpaired) electrons. The second kappa shape index (κ2) is 13.5. The molecular formula is C26H26ClF4N5O6. The maximum atomic E-state index is 14.5. The lowest BCUT2D eigenvalue weighted by Crippen LogP contribution is -2.45. The molecule has 4 amide bonds. The Morgan fingerprint density at radius 3 is 2.43 bits per heavy atom. The van der Waals surface area contributed by atoms with Gasteiger partial charge in [-0.1, -0.05) is 6.07 Å². The van der Waals surface area contributed by atoms with Crippen molar-refractivity contribution >= 4 is 30.3 Å². The maximum Gasteiger partial charge on any atom is 0.387 e. The zero-order chi connectivity index (χ0) is 29.8. The first-order valence-corrected chi connectivity index (χ1v) is 12.3. The quantitative estimate of drug-likeness (QED) is 0.233. The van der Waals surface area contributed by atoms with Crippen LogP contribution in [0.25, 0.3) is 11.5 Å². The molecule has 0 spiro atoms. The van der Waals surface area contributed by atoms with Gasteiger partial charge in [-0.15, -0.1) is 12.4 Å². The third-order valence-electron chi connectivity index (χ3n) is 5.92. The highest BCUT2D eigenvalue weighted by molar-refractivity contribution is 6.01. The second-order valence-corrected chi connectivity index (χ2v) is 9.24. The van der Waals surface area contributed by atoms with E-state index in [4.69, 9.17) is 20.6 Å². The summed E-state index contributed by atoms with van der Waals surface area (Å²) in [6.07, 6.45) is 1.89. The molecule has 2 atom stereocenters. The van der Waals surface area contributed by atoms with Crippen molar-refractivity contribution in [3.05, 3.63) is 65.1 Å². The number of rotatable bonds is 11. The fraction of sp³-hybridized carbons (Fsp3) is 0.308. The summed E-state index contributed by atoms with van der Waals surface area (Å²) in [6.45, 7) is -1.35. The van der Waals surface area contributed by atoms with Gasteiger partial charge in [-0.2, -0.15) is 8.78 Å². The molecule has 1 aromatic heterocycles. The highest BCUT2D eigenvalue weighted by Gasteiger charge is 2.31. The van der Waals surface area contributed by atoms with E-state index in [1.807, 2.05) is 0 Å². The number of halogens is 5. The smallest absolute Gasteiger partial charge is 0.387 e. The van der Waals surface area contributed by atoms with Crippen molar-refractivity contribution in [1.29, 1.82) is 0 Å². The molecule has 0 bridgehead atoms. The average Bonchev–Trinajstić information content (AvgIpc) is 3.61. The molecule has 1 saturated carbocycles. The van der Waals surface area contributed by atoms with E-state index < -0.39 is 59.4 Å². The lowest BCUT2D eigenvalue weighted by molar-refractivity contribution is -0.122. The van der Waals surface area contributed by atoms with Crippen LogP contribution >= 0.6 is 12.4 Å². The number of primary amides is 1. The summed E-state index contributed by atoms with van der Waals surface area (Å²) in [5, 5.41) is 3.96. The van der Waals surface area contributed by atoms with Crippen LogP contribution in [0.3, 0.4) is 0 Å². The first-order chi connectivity index (χ1) is 19.4. The average molecular weight is 616 g/mol. The van der Waals surface area contributed by atoms with Gasteiger partial charge in [0.25, 0.3) is 11.8 Å². The number of ether oxygens (including phenoxy) is 2. The summed E-state index contributed by atoms with van der Waals surface area (Å²) >= 11 is 0. The van der Waals surface area contributed by atoms with Crippen molar-refractivity contribution in [3.63, 3.8) is 0 Å². The van der Waals surface area contributed by atoms with E-state index in [2.05, 4.69) is 15.0 Å². The van der Waals surface area contributed by atoms with Crippen LogP contribution in [0, 0.1) is 17.6 Å². The Bertz CT molecular complexity index is 1470. The first kappa shape index (κ1) is 32.1. The van der Waals surface area contributed by atoms with Crippen LogP contribution in [0.5, 0.6) is 11.5 Å². The van der Waals surface area contributed by atoms with Crippen molar-refractivity contribution in [2.75, 3.05) is 6.61 Å². The zero-order valence-electron chi connectivity index (χ0n) is 21.9. The monoisotopic (exact) mass is 615 g/mol. The minimum Gasteiger partial charge on any atom is -0.489 e. The summed E-state index contributed by atoms with van der Waals surface area (Å²) in [6, 6.07) is 2.11. The molecule has 226 valence electrons. The van der Waals surface area contributed by atoms with E-state index >= 15 is 0 Å². The molecule has 0 saturated heterocycles. The molecule has 6 N–H and O–H groups in total. The SMILES string of the molecule is C[C@H](N)c1oc(-c2ccc(OC(F)F)c(OCC3CC3)c2)nc1C(=O)NC(C(=O)NC(N)=O)c1ccc(F)cc1F.Cl. The lowest BCUT2D eigenvalue weighted by Gasteiger charge is -2.18. The number of oxazole rings is 1. The zero-order valence-corrected chi connectivity index (χ0v) is 22.7. The molecule has 1 unspecified atom stereocenters. The number of amides is 4. The van der Waals surface area contributed by atoms with E-state index in [0.29, 0.717) is 12.0 Å². The van der Waals surface area contributed by atoms with Gasteiger partial charge in [0.1, 0.15) is 17.7 Å². The fourth-order valence-corrected chi connectivity index (χ4v) is 3.78. The first-order valence-electron chi connectivity index (χ1n) is 12.3. The number of benzene rings is 2. The van der Waals surface area contributed by atoms with Crippen LogP contribution in [0.1, 0.15) is 53.7 Å². The van der Waals surface area contributed by atoms with Crippen LogP contribution < -0.4 is 31.6 Å². The highest BCUT2D eigenvalue weighted by atomic mass is 35.5. The Balaban J connectivity index is 0.00000484. The minimum atomic E-state index is -3.10. The number of carbonyl (C=O) groups is 3. The van der Waals surface area contributed by atoms with Gasteiger partial charge in [0.2, 0.25) is 5.89 Å². The molecule has 3 aromatic rings. The summed E-state index contributed by atoms with van der Waals surface area (Å²) in [5.41, 5.74) is 10.3. The molecule has 16 heteroatoms. The van der Waals surface area contributed by atoms with Crippen LogP contribution in [0.4, 0.5) is 22.4 Å². The number of aromatic nitrogens is 1. The molecule has 4 rings (SSSR count). The van der Waals surface area contributed by atoms with Crippen LogP contribution in [0.15, 0.2) is 40.8 Å². The minimum absolute atomic E-state index is 0. The number of nitrogens with zero attached hydrogens (tertiary/aromatic N) is 1. The summed E-state index contributed by atoms with van der Waals surface area (Å²) in [7, 11) is 0. The van der Waals surface area contributed by atoms with Gasteiger partial charge in [0.15, 0.2) is 23.0 Å². The molecule has 0 aliphatic heterocycles. The molecule has 1 fully saturated rings. The topological polar surface area (TPSA) is 172 Å². The van der Waals surface area contributed by atoms with E-state index in [0.717, 1.165) is 25.0 Å². The van der Waals surface area contributed by atoms with E-state index in [-0.39, 0.29) is 47.7 Å². The van der Waals surface area contributed by atoms with Crippen molar-refractivity contribution in [2.24, 2.45) is 17.4 Å². The number of alkyl halides is 2. The molecule has 1 heterocycles. The van der Waals surface area contributed by atoms with Crippen LogP contribution in [-0.2, 0) is 4.79 Å². The van der Waals surface area contributed by atoms with E-state index in [1.54, 1.807) is 5.32 Å². The van der Waals surface area contributed by atoms with Gasteiger partial charge in [0.05, 0.1) is 12.6 Å². The van der Waals surface area contributed by atoms with Gasteiger partial charge in [-0.3, -0.25) is 14.9 Å². The Hall–Kier alpha value is -4.37. The number of nitrogens with one attached hydrogen (secondary N) is 2. The molecule has 1 aliphatic rings. The standard InChI is InChI=1S/C26H25F4N5O6.ClH/c1-11(31)21-20(23(37)33-19(22(36)35-26(32)38)15-6-5-14(27)9-16(15)28)34-24(41-21)13-4-7-17(40-25(29)30)18(8-13)39-10-12-2-3-12;/h4-9,11-12,19,25H,2-3,10,31H2,1H3,(H,33,37)(H3,32,35,36,38);1H/t11-,19?;/m0./s1. The predicted octanol–water partition coefficient (Wildman–Crippen LogP) is 4.12. The van der Waals surface area contributed by atoms with Crippen molar-refractivity contribution < 1.29 is 45.8 Å². The highest BCUT2D eigenvalue weighted by Crippen LogP contribution is 2.37. The molecule has 1 aliphatic carbocycles. The van der Waals surface area contributed by atoms with Gasteiger partial charge >= 0.3 is 12.6 Å². The van der Waals surface area contributed by atoms with E-state index in [9.17, 15) is 31.9 Å². The largest absolute Gasteiger partial charge is 0.489 e. The van der Waals surface area contributed by atoms with Crippen molar-refractivity contribution in [2.45, 2.75) is 38.5 Å². The number of urea groups is 1. The Morgan fingerprint density at radius 2 is 1.83 bits per heavy atom. The van der Waals surface area contributed by atoms with Crippen LogP contribution in [-0.4, -0.2) is 36.0 Å². The summed E-state index contributed by atoms with van der Waals surface area (Å²) in [4.78, 5) is 41.3. The van der Waals surface area contributed by atoms with Gasteiger partial charge in [-0.05, 0) is 49.9 Å². The second-order valence-electron chi connectivity index (χ2n) is 9.24. The molecule has 2 aromatic carbocycles. The van der Waals surface area contributed by atoms with Gasteiger partial charge in [-0.25, -0.2) is 18.6 Å². The Labute approximate surface area is 242 Å². The van der Waals surface area contributed by atoms with Crippen LogP contribution in [0.2, 0.25) is 0 Å². The Kier molecular flexibility index (Phi) is 10.4.